The average molecular weight is 317 g/mol. The molecule has 0 aliphatic carbocycles. The largest absolute Gasteiger partial charge is 0.348 e. The third kappa shape index (κ3) is 4.59. The first-order valence-electron chi connectivity index (χ1n) is 5.33. The molecule has 9 heteroatoms. The molecule has 1 fully saturated rings. The summed E-state index contributed by atoms with van der Waals surface area (Å²) in [7, 11) is 1.80. The molecule has 5 nitrogen and oxygen atoms in total. The van der Waals surface area contributed by atoms with Gasteiger partial charge in [0.15, 0.2) is 0 Å². The first kappa shape index (κ1) is 18.1. The molecule has 110 valence electrons. The van der Waals surface area contributed by atoms with E-state index in [0.717, 1.165) is 0 Å². The SMILES string of the molecule is Cl.Cl.Cn1ccnc1CNC(=O)C1CC(F)(F)CN1. The number of amides is 1. The summed E-state index contributed by atoms with van der Waals surface area (Å²) in [4.78, 5) is 15.6. The number of aromatic nitrogens is 2. The lowest BCUT2D eigenvalue weighted by molar-refractivity contribution is -0.123. The Morgan fingerprint density at radius 3 is 2.79 bits per heavy atom. The zero-order valence-corrected chi connectivity index (χ0v) is 11.9. The molecule has 0 spiro atoms. The Morgan fingerprint density at radius 1 is 1.63 bits per heavy atom. The number of aryl methyl sites for hydroxylation is 1. The second-order valence-electron chi connectivity index (χ2n) is 4.17. The van der Waals surface area contributed by atoms with Crippen molar-refractivity contribution in [3.05, 3.63) is 18.2 Å². The fraction of sp³-hybridized carbons (Fsp3) is 0.600. The van der Waals surface area contributed by atoms with E-state index in [-0.39, 0.29) is 31.4 Å². The molecular weight excluding hydrogens is 301 g/mol. The number of carbonyl (C=O) groups excluding carboxylic acids is 1. The summed E-state index contributed by atoms with van der Waals surface area (Å²) in [5.74, 6) is -2.51. The van der Waals surface area contributed by atoms with Crippen molar-refractivity contribution in [1.29, 1.82) is 0 Å². The molecule has 2 N–H and O–H groups in total. The van der Waals surface area contributed by atoms with E-state index in [0.29, 0.717) is 5.82 Å². The van der Waals surface area contributed by atoms with E-state index >= 15 is 0 Å². The number of carbonyl (C=O) groups is 1. The molecule has 1 aromatic rings. The van der Waals surface area contributed by atoms with Crippen LogP contribution in [0.1, 0.15) is 12.2 Å². The van der Waals surface area contributed by atoms with Crippen LogP contribution in [-0.4, -0.2) is 34.0 Å². The van der Waals surface area contributed by atoms with Gasteiger partial charge in [0.2, 0.25) is 5.91 Å². The maximum Gasteiger partial charge on any atom is 0.262 e. The zero-order valence-electron chi connectivity index (χ0n) is 10.2. The molecule has 1 aromatic heterocycles. The molecule has 0 saturated carbocycles. The number of alkyl halides is 2. The maximum absolute atomic E-state index is 12.9. The van der Waals surface area contributed by atoms with E-state index < -0.39 is 30.8 Å². The molecule has 0 aromatic carbocycles. The summed E-state index contributed by atoms with van der Waals surface area (Å²) in [6, 6.07) is -0.815. The van der Waals surface area contributed by atoms with E-state index in [9.17, 15) is 13.6 Å². The molecule has 1 aliphatic rings. The van der Waals surface area contributed by atoms with Crippen LogP contribution >= 0.6 is 24.8 Å². The van der Waals surface area contributed by atoms with Crippen molar-refractivity contribution in [2.24, 2.45) is 7.05 Å². The van der Waals surface area contributed by atoms with E-state index in [1.165, 1.54) is 0 Å². The minimum atomic E-state index is -2.79. The molecule has 2 rings (SSSR count). The van der Waals surface area contributed by atoms with Gasteiger partial charge in [-0.15, -0.1) is 24.8 Å². The van der Waals surface area contributed by atoms with Gasteiger partial charge < -0.3 is 9.88 Å². The molecule has 19 heavy (non-hydrogen) atoms. The first-order chi connectivity index (χ1) is 7.98. The Balaban J connectivity index is 0.00000162. The van der Waals surface area contributed by atoms with E-state index in [2.05, 4.69) is 15.6 Å². The normalized spacial score (nSPS) is 20.3. The Labute approximate surface area is 122 Å². The van der Waals surface area contributed by atoms with Gasteiger partial charge in [-0.25, -0.2) is 13.8 Å². The average Bonchev–Trinajstić information content (AvgIpc) is 2.81. The van der Waals surface area contributed by atoms with Crippen LogP contribution in [-0.2, 0) is 18.4 Å². The Hall–Kier alpha value is -0.920. The molecule has 1 unspecified atom stereocenters. The van der Waals surface area contributed by atoms with Crippen molar-refractivity contribution < 1.29 is 13.6 Å². The summed E-state index contributed by atoms with van der Waals surface area (Å²) >= 11 is 0. The highest BCUT2D eigenvalue weighted by Gasteiger charge is 2.42. The quantitative estimate of drug-likeness (QED) is 0.870. The summed E-state index contributed by atoms with van der Waals surface area (Å²) in [5.41, 5.74) is 0. The second-order valence-corrected chi connectivity index (χ2v) is 4.17. The van der Waals surface area contributed by atoms with E-state index in [4.69, 9.17) is 0 Å². The standard InChI is InChI=1S/C10H14F2N4O.2ClH/c1-16-3-2-13-8(16)5-14-9(17)7-4-10(11,12)6-15-7;;/h2-3,7,15H,4-6H2,1H3,(H,14,17);2*1H. The van der Waals surface area contributed by atoms with Gasteiger partial charge in [0.1, 0.15) is 5.82 Å². The van der Waals surface area contributed by atoms with Gasteiger partial charge in [-0.05, 0) is 0 Å². The van der Waals surface area contributed by atoms with Crippen molar-refractivity contribution in [1.82, 2.24) is 20.2 Å². The molecule has 0 bridgehead atoms. The van der Waals surface area contributed by atoms with Crippen LogP contribution < -0.4 is 10.6 Å². The molecular formula is C10H16Cl2F2N4O. The third-order valence-corrected chi connectivity index (χ3v) is 2.77. The lowest BCUT2D eigenvalue weighted by Crippen LogP contribution is -2.40. The van der Waals surface area contributed by atoms with Gasteiger partial charge >= 0.3 is 0 Å². The van der Waals surface area contributed by atoms with Crippen LogP contribution in [0, 0.1) is 0 Å². The summed E-state index contributed by atoms with van der Waals surface area (Å²) in [6.07, 6.45) is 2.92. The van der Waals surface area contributed by atoms with Crippen LogP contribution in [0.25, 0.3) is 0 Å². The monoisotopic (exact) mass is 316 g/mol. The van der Waals surface area contributed by atoms with Gasteiger partial charge in [-0.1, -0.05) is 0 Å². The van der Waals surface area contributed by atoms with Gasteiger partial charge in [0.25, 0.3) is 5.92 Å². The number of halogens is 4. The lowest BCUT2D eigenvalue weighted by Gasteiger charge is -2.10. The smallest absolute Gasteiger partial charge is 0.262 e. The van der Waals surface area contributed by atoms with E-state index in [1.54, 1.807) is 24.0 Å². The highest BCUT2D eigenvalue weighted by Crippen LogP contribution is 2.24. The molecule has 1 saturated heterocycles. The third-order valence-electron chi connectivity index (χ3n) is 2.77. The Kier molecular flexibility index (Phi) is 6.68. The molecule has 0 radical (unpaired) electrons. The van der Waals surface area contributed by atoms with Crippen molar-refractivity contribution >= 4 is 30.7 Å². The van der Waals surface area contributed by atoms with Gasteiger partial charge in [-0.2, -0.15) is 0 Å². The van der Waals surface area contributed by atoms with Crippen LogP contribution in [0.5, 0.6) is 0 Å². The number of hydrogen-bond donors (Lipinski definition) is 2. The molecule has 1 atom stereocenters. The van der Waals surface area contributed by atoms with Crippen LogP contribution in [0.15, 0.2) is 12.4 Å². The van der Waals surface area contributed by atoms with Gasteiger partial charge in [0.05, 0.1) is 19.1 Å². The zero-order chi connectivity index (χ0) is 12.5. The number of rotatable bonds is 3. The highest BCUT2D eigenvalue weighted by molar-refractivity contribution is 5.85. The first-order valence-corrected chi connectivity index (χ1v) is 5.33. The van der Waals surface area contributed by atoms with Crippen LogP contribution in [0.2, 0.25) is 0 Å². The molecule has 2 heterocycles. The highest BCUT2D eigenvalue weighted by atomic mass is 35.5. The topological polar surface area (TPSA) is 59.0 Å². The molecule has 1 aliphatic heterocycles. The van der Waals surface area contributed by atoms with Crippen molar-refractivity contribution in [3.8, 4) is 0 Å². The van der Waals surface area contributed by atoms with E-state index in [1.807, 2.05) is 0 Å². The van der Waals surface area contributed by atoms with Crippen molar-refractivity contribution in [2.75, 3.05) is 6.54 Å². The minimum Gasteiger partial charge on any atom is -0.348 e. The predicted octanol–water partition coefficient (Wildman–Crippen LogP) is 0.877. The van der Waals surface area contributed by atoms with Crippen molar-refractivity contribution in [2.45, 2.75) is 24.9 Å². The van der Waals surface area contributed by atoms with Crippen LogP contribution in [0.4, 0.5) is 8.78 Å². The number of imidazole rings is 1. The maximum atomic E-state index is 12.9. The predicted molar refractivity (Wildman–Crippen MR) is 70.9 cm³/mol. The van der Waals surface area contributed by atoms with Crippen LogP contribution in [0.3, 0.4) is 0 Å². The summed E-state index contributed by atoms with van der Waals surface area (Å²) in [5, 5.41) is 5.09. The number of nitrogens with one attached hydrogen (secondary N) is 2. The summed E-state index contributed by atoms with van der Waals surface area (Å²) in [6.45, 7) is -0.195. The minimum absolute atomic E-state index is 0. The summed E-state index contributed by atoms with van der Waals surface area (Å²) < 4.78 is 27.5. The second kappa shape index (κ2) is 7.02. The van der Waals surface area contributed by atoms with Gasteiger partial charge in [-0.3, -0.25) is 10.1 Å². The lowest BCUT2D eigenvalue weighted by atomic mass is 10.2. The molecule has 1 amide bonds. The fourth-order valence-electron chi connectivity index (χ4n) is 1.76. The number of nitrogens with zero attached hydrogens (tertiary/aromatic N) is 2. The Bertz CT molecular complexity index is 427. The Morgan fingerprint density at radius 2 is 2.32 bits per heavy atom. The van der Waals surface area contributed by atoms with Gasteiger partial charge in [0, 0.05) is 25.9 Å². The number of hydrogen-bond acceptors (Lipinski definition) is 3. The fourth-order valence-corrected chi connectivity index (χ4v) is 1.76. The van der Waals surface area contributed by atoms with Crippen molar-refractivity contribution in [3.63, 3.8) is 0 Å².